The van der Waals surface area contributed by atoms with Crippen LogP contribution in [0.4, 0.5) is 23.1 Å². The van der Waals surface area contributed by atoms with Gasteiger partial charge >= 0.3 is 0 Å². The summed E-state index contributed by atoms with van der Waals surface area (Å²) in [6.07, 6.45) is 6.41. The number of hydrogen-bond acceptors (Lipinski definition) is 6. The zero-order valence-electron chi connectivity index (χ0n) is 19.1. The van der Waals surface area contributed by atoms with E-state index in [0.29, 0.717) is 5.95 Å². The summed E-state index contributed by atoms with van der Waals surface area (Å²) in [4.78, 5) is 11.6. The Bertz CT molecular complexity index is 1100. The highest BCUT2D eigenvalue weighted by atomic mass is 16.5. The van der Waals surface area contributed by atoms with Crippen LogP contribution < -0.4 is 15.4 Å². The quantitative estimate of drug-likeness (QED) is 0.473. The summed E-state index contributed by atoms with van der Waals surface area (Å²) >= 11 is 0. The molecule has 2 aromatic carbocycles. The van der Waals surface area contributed by atoms with Crippen molar-refractivity contribution in [3.8, 4) is 5.75 Å². The fourth-order valence-corrected chi connectivity index (χ4v) is 3.94. The van der Waals surface area contributed by atoms with Gasteiger partial charge in [0.05, 0.1) is 7.11 Å². The van der Waals surface area contributed by atoms with Crippen molar-refractivity contribution in [2.45, 2.75) is 26.7 Å². The van der Waals surface area contributed by atoms with Crippen molar-refractivity contribution in [3.05, 3.63) is 71.9 Å². The second-order valence-electron chi connectivity index (χ2n) is 8.07. The highest BCUT2D eigenvalue weighted by Gasteiger charge is 2.13. The number of nitrogens with one attached hydrogen (secondary N) is 2. The maximum atomic E-state index is 5.34. The molecule has 1 aromatic heterocycles. The van der Waals surface area contributed by atoms with Crippen molar-refractivity contribution in [3.63, 3.8) is 0 Å². The molecule has 0 bridgehead atoms. The van der Waals surface area contributed by atoms with Crippen molar-refractivity contribution >= 4 is 28.7 Å². The van der Waals surface area contributed by atoms with Crippen molar-refractivity contribution < 1.29 is 4.74 Å². The third kappa shape index (κ3) is 5.45. The number of hydrogen-bond donors (Lipinski definition) is 2. The van der Waals surface area contributed by atoms with Gasteiger partial charge in [-0.25, -0.2) is 4.98 Å². The number of aromatic nitrogens is 2. The van der Waals surface area contributed by atoms with Gasteiger partial charge in [-0.05, 0) is 67.3 Å². The Labute approximate surface area is 190 Å². The molecule has 32 heavy (non-hydrogen) atoms. The lowest BCUT2D eigenvalue weighted by molar-refractivity contribution is 0.305. The smallest absolute Gasteiger partial charge is 0.229 e. The number of ether oxygens (including phenoxy) is 1. The van der Waals surface area contributed by atoms with Gasteiger partial charge in [0.2, 0.25) is 5.95 Å². The average molecular weight is 430 g/mol. The van der Waals surface area contributed by atoms with Crippen LogP contribution in [0.25, 0.3) is 5.57 Å². The highest BCUT2D eigenvalue weighted by molar-refractivity contribution is 5.72. The van der Waals surface area contributed by atoms with Crippen LogP contribution in [0.5, 0.6) is 5.75 Å². The molecule has 0 unspecified atom stereocenters. The van der Waals surface area contributed by atoms with Crippen LogP contribution in [-0.2, 0) is 0 Å². The predicted octanol–water partition coefficient (Wildman–Crippen LogP) is 5.78. The first-order valence-electron chi connectivity index (χ1n) is 11.2. The van der Waals surface area contributed by atoms with Gasteiger partial charge in [-0.2, -0.15) is 4.98 Å². The monoisotopic (exact) mass is 429 g/mol. The van der Waals surface area contributed by atoms with Crippen LogP contribution >= 0.6 is 0 Å². The van der Waals surface area contributed by atoms with Gasteiger partial charge < -0.3 is 15.4 Å². The number of nitrogens with zero attached hydrogens (tertiary/aromatic N) is 3. The number of aryl methyl sites for hydroxylation is 1. The van der Waals surface area contributed by atoms with Crippen molar-refractivity contribution in [2.24, 2.45) is 0 Å². The Morgan fingerprint density at radius 2 is 2.00 bits per heavy atom. The predicted molar refractivity (Wildman–Crippen MR) is 132 cm³/mol. The average Bonchev–Trinajstić information content (AvgIpc) is 2.81. The van der Waals surface area contributed by atoms with Crippen molar-refractivity contribution in [1.82, 2.24) is 14.9 Å². The van der Waals surface area contributed by atoms with Gasteiger partial charge in [-0.1, -0.05) is 31.2 Å². The number of benzene rings is 2. The first kappa shape index (κ1) is 21.8. The largest absolute Gasteiger partial charge is 0.497 e. The SMILES string of the molecule is CCCN1CCC=C(c2cccc(Nc3nccc(Nc4cc(OC)ccc4C)n3)c2)C1. The highest BCUT2D eigenvalue weighted by Crippen LogP contribution is 2.26. The first-order valence-corrected chi connectivity index (χ1v) is 11.2. The van der Waals surface area contributed by atoms with E-state index >= 15 is 0 Å². The summed E-state index contributed by atoms with van der Waals surface area (Å²) in [6, 6.07) is 16.3. The lowest BCUT2D eigenvalue weighted by atomic mass is 10.0. The molecule has 0 atom stereocenters. The Balaban J connectivity index is 1.48. The fourth-order valence-electron chi connectivity index (χ4n) is 3.94. The molecule has 6 nitrogen and oxygen atoms in total. The van der Waals surface area contributed by atoms with Crippen LogP contribution in [0.3, 0.4) is 0 Å². The van der Waals surface area contributed by atoms with Gasteiger partial charge in [-0.15, -0.1) is 0 Å². The van der Waals surface area contributed by atoms with Gasteiger partial charge in [0, 0.05) is 36.7 Å². The van der Waals surface area contributed by atoms with Crippen molar-refractivity contribution in [2.75, 3.05) is 37.4 Å². The number of anilines is 4. The van der Waals surface area contributed by atoms with Gasteiger partial charge in [0.25, 0.3) is 0 Å². The molecule has 0 saturated heterocycles. The molecule has 0 spiro atoms. The molecule has 3 aromatic rings. The molecule has 1 aliphatic heterocycles. The third-order valence-electron chi connectivity index (χ3n) is 5.62. The van der Waals surface area contributed by atoms with Crippen LogP contribution in [0.1, 0.15) is 30.9 Å². The Morgan fingerprint density at radius 1 is 1.09 bits per heavy atom. The standard InChI is InChI=1S/C26H31N5O/c1-4-14-31-15-6-8-21(18-31)20-7-5-9-22(16-20)28-26-27-13-12-25(30-26)29-24-17-23(32-3)11-10-19(24)2/h5,7-13,16-17H,4,6,14-15,18H2,1-3H3,(H2,27,28,29,30). The van der Waals surface area contributed by atoms with Crippen LogP contribution in [-0.4, -0.2) is 41.6 Å². The second-order valence-corrected chi connectivity index (χ2v) is 8.07. The van der Waals surface area contributed by atoms with Crippen molar-refractivity contribution in [1.29, 1.82) is 0 Å². The van der Waals surface area contributed by atoms with E-state index in [1.54, 1.807) is 13.3 Å². The molecular weight excluding hydrogens is 398 g/mol. The fraction of sp³-hybridized carbons (Fsp3) is 0.308. The van der Waals surface area contributed by atoms with Gasteiger partial charge in [0.15, 0.2) is 0 Å². The summed E-state index contributed by atoms with van der Waals surface area (Å²) in [6.45, 7) is 7.59. The van der Waals surface area contributed by atoms with Gasteiger partial charge in [-0.3, -0.25) is 4.90 Å². The van der Waals surface area contributed by atoms with Crippen LogP contribution in [0.2, 0.25) is 0 Å². The first-order chi connectivity index (χ1) is 15.6. The van der Waals surface area contributed by atoms with Crippen LogP contribution in [0, 0.1) is 6.92 Å². The molecule has 4 rings (SSSR count). The van der Waals surface area contributed by atoms with Gasteiger partial charge in [0.1, 0.15) is 11.6 Å². The van der Waals surface area contributed by atoms with E-state index in [1.165, 1.54) is 17.6 Å². The molecule has 0 radical (unpaired) electrons. The molecule has 6 heteroatoms. The topological polar surface area (TPSA) is 62.3 Å². The molecule has 0 fully saturated rings. The van der Waals surface area contributed by atoms with E-state index in [1.807, 2.05) is 30.3 Å². The summed E-state index contributed by atoms with van der Waals surface area (Å²) < 4.78 is 5.34. The van der Waals surface area contributed by atoms with E-state index in [2.05, 4.69) is 63.6 Å². The number of rotatable bonds is 8. The summed E-state index contributed by atoms with van der Waals surface area (Å²) in [7, 11) is 1.67. The summed E-state index contributed by atoms with van der Waals surface area (Å²) in [5.74, 6) is 2.08. The Hall–Kier alpha value is -3.38. The molecule has 1 aliphatic rings. The summed E-state index contributed by atoms with van der Waals surface area (Å²) in [5, 5.41) is 6.72. The Morgan fingerprint density at radius 3 is 2.84 bits per heavy atom. The summed E-state index contributed by atoms with van der Waals surface area (Å²) in [5.41, 5.74) is 5.68. The van der Waals surface area contributed by atoms with E-state index in [9.17, 15) is 0 Å². The normalized spacial score (nSPS) is 14.0. The van der Waals surface area contributed by atoms with E-state index in [-0.39, 0.29) is 0 Å². The molecule has 0 aliphatic carbocycles. The Kier molecular flexibility index (Phi) is 7.02. The zero-order chi connectivity index (χ0) is 22.3. The molecule has 0 amide bonds. The second kappa shape index (κ2) is 10.3. The minimum Gasteiger partial charge on any atom is -0.497 e. The molecule has 2 N–H and O–H groups in total. The van der Waals surface area contributed by atoms with E-state index in [0.717, 1.165) is 54.6 Å². The minimum atomic E-state index is 0.554. The molecular formula is C26H31N5O. The third-order valence-corrected chi connectivity index (χ3v) is 5.62. The molecule has 166 valence electrons. The maximum absolute atomic E-state index is 5.34. The zero-order valence-corrected chi connectivity index (χ0v) is 19.1. The lowest BCUT2D eigenvalue weighted by Gasteiger charge is -2.27. The van der Waals surface area contributed by atoms with Crippen LogP contribution in [0.15, 0.2) is 60.8 Å². The lowest BCUT2D eigenvalue weighted by Crippen LogP contribution is -2.30. The molecule has 0 saturated carbocycles. The molecule has 2 heterocycles. The minimum absolute atomic E-state index is 0.554. The van der Waals surface area contributed by atoms with E-state index in [4.69, 9.17) is 4.74 Å². The maximum Gasteiger partial charge on any atom is 0.229 e. The number of methoxy groups -OCH3 is 1. The van der Waals surface area contributed by atoms with E-state index < -0.39 is 0 Å².